The molecule has 3 rings (SSSR count). The van der Waals surface area contributed by atoms with E-state index in [4.69, 9.17) is 4.74 Å². The summed E-state index contributed by atoms with van der Waals surface area (Å²) in [4.78, 5) is 15.9. The third-order valence-corrected chi connectivity index (χ3v) is 4.44. The number of aromatic nitrogens is 1. The molecule has 0 bridgehead atoms. The molecular weight excluding hydrogens is 310 g/mol. The zero-order valence-electron chi connectivity index (χ0n) is 16.4. The number of carbonyl (C=O) groups is 1. The molecule has 0 N–H and O–H groups in total. The summed E-state index contributed by atoms with van der Waals surface area (Å²) in [6, 6.07) is 9.94. The van der Waals surface area contributed by atoms with Gasteiger partial charge in [-0.2, -0.15) is 0 Å². The Bertz CT molecular complexity index is 633. The minimum atomic E-state index is 0.238. The van der Waals surface area contributed by atoms with Gasteiger partial charge in [-0.15, -0.1) is 0 Å². The molecule has 25 heavy (non-hydrogen) atoms. The van der Waals surface area contributed by atoms with Crippen molar-refractivity contribution in [2.45, 2.75) is 60.3 Å². The highest BCUT2D eigenvalue weighted by atomic mass is 16.5. The summed E-state index contributed by atoms with van der Waals surface area (Å²) in [5, 5.41) is 1.05. The molecule has 2 aromatic rings. The molecule has 3 heteroatoms. The van der Waals surface area contributed by atoms with Crippen LogP contribution in [0.4, 0.5) is 0 Å². The van der Waals surface area contributed by atoms with E-state index in [2.05, 4.69) is 4.98 Å². The van der Waals surface area contributed by atoms with Crippen LogP contribution in [0, 0.1) is 11.8 Å². The number of pyridine rings is 1. The molecule has 2 unspecified atom stereocenters. The molecule has 3 nitrogen and oxygen atoms in total. The molecule has 1 aromatic heterocycles. The molecule has 138 valence electrons. The summed E-state index contributed by atoms with van der Waals surface area (Å²) in [5.74, 6) is 1.95. The lowest BCUT2D eigenvalue weighted by Gasteiger charge is -2.27. The lowest BCUT2D eigenvalue weighted by Crippen LogP contribution is -2.25. The van der Waals surface area contributed by atoms with Crippen molar-refractivity contribution in [3.05, 3.63) is 36.5 Å². The largest absolute Gasteiger partial charge is 0.493 e. The third-order valence-electron chi connectivity index (χ3n) is 4.44. The van der Waals surface area contributed by atoms with E-state index in [0.29, 0.717) is 18.3 Å². The van der Waals surface area contributed by atoms with E-state index in [0.717, 1.165) is 42.3 Å². The molecule has 0 amide bonds. The highest BCUT2D eigenvalue weighted by Crippen LogP contribution is 2.31. The van der Waals surface area contributed by atoms with Gasteiger partial charge >= 0.3 is 0 Å². The first-order valence-electron chi connectivity index (χ1n) is 9.71. The maximum absolute atomic E-state index is 11.5. The summed E-state index contributed by atoms with van der Waals surface area (Å²) in [6.07, 6.45) is 6.10. The van der Waals surface area contributed by atoms with Gasteiger partial charge in [-0.3, -0.25) is 9.78 Å². The normalized spacial score (nSPS) is 19.1. The summed E-state index contributed by atoms with van der Waals surface area (Å²) in [6.45, 7) is 10.4. The number of fused-ring (bicyclic) bond motifs is 1. The number of ether oxygens (including phenoxy) is 1. The number of ketones is 1. The Kier molecular flexibility index (Phi) is 9.83. The van der Waals surface area contributed by atoms with Crippen LogP contribution in [0.2, 0.25) is 0 Å². The second-order valence-corrected chi connectivity index (χ2v) is 5.98. The Hall–Kier alpha value is -1.90. The zero-order chi connectivity index (χ0) is 18.7. The number of hydrogen-bond acceptors (Lipinski definition) is 3. The summed E-state index contributed by atoms with van der Waals surface area (Å²) in [7, 11) is 0. The minimum Gasteiger partial charge on any atom is -0.493 e. The third kappa shape index (κ3) is 6.15. The van der Waals surface area contributed by atoms with E-state index in [1.54, 1.807) is 13.1 Å². The van der Waals surface area contributed by atoms with E-state index < -0.39 is 0 Å². The second kappa shape index (κ2) is 11.6. The number of para-hydroxylation sites is 1. The van der Waals surface area contributed by atoms with Crippen LogP contribution in [0.15, 0.2) is 36.5 Å². The van der Waals surface area contributed by atoms with Gasteiger partial charge in [0.1, 0.15) is 11.5 Å². The minimum absolute atomic E-state index is 0.238. The first-order chi connectivity index (χ1) is 12.2. The van der Waals surface area contributed by atoms with Gasteiger partial charge in [0.2, 0.25) is 0 Å². The highest BCUT2D eigenvalue weighted by Gasteiger charge is 2.25. The maximum atomic E-state index is 11.5. The highest BCUT2D eigenvalue weighted by molar-refractivity contribution is 5.84. The molecule has 1 aromatic carbocycles. The second-order valence-electron chi connectivity index (χ2n) is 5.98. The molecule has 1 saturated carbocycles. The number of carbonyl (C=O) groups excluding carboxylic acids is 1. The molecule has 2 atom stereocenters. The predicted molar refractivity (Wildman–Crippen MR) is 106 cm³/mol. The van der Waals surface area contributed by atoms with Gasteiger partial charge in [0.05, 0.1) is 12.1 Å². The van der Waals surface area contributed by atoms with Crippen LogP contribution in [0.3, 0.4) is 0 Å². The first-order valence-corrected chi connectivity index (χ1v) is 9.71. The SMILES string of the molecule is CC.CC.CC(=O)C1CCCC(COc2ccnc3ccccc23)C1. The van der Waals surface area contributed by atoms with E-state index in [-0.39, 0.29) is 5.92 Å². The fourth-order valence-corrected chi connectivity index (χ4v) is 3.21. The standard InChI is InChI=1S/C18H21NO2.2C2H6/c1-13(20)15-6-4-5-14(11-15)12-21-18-9-10-19-17-8-3-2-7-16(17)18;2*1-2/h2-3,7-10,14-15H,4-6,11-12H2,1H3;2*1-2H3. The van der Waals surface area contributed by atoms with Crippen molar-refractivity contribution in [3.63, 3.8) is 0 Å². The number of rotatable bonds is 4. The summed E-state index contributed by atoms with van der Waals surface area (Å²) < 4.78 is 6.04. The van der Waals surface area contributed by atoms with Crippen molar-refractivity contribution in [2.75, 3.05) is 6.61 Å². The molecule has 0 radical (unpaired) electrons. The summed E-state index contributed by atoms with van der Waals surface area (Å²) >= 11 is 0. The maximum Gasteiger partial charge on any atom is 0.132 e. The molecule has 1 aliphatic rings. The Morgan fingerprint density at radius 2 is 1.84 bits per heavy atom. The van der Waals surface area contributed by atoms with Crippen molar-refractivity contribution < 1.29 is 9.53 Å². The van der Waals surface area contributed by atoms with E-state index in [9.17, 15) is 4.79 Å². The van der Waals surface area contributed by atoms with Crippen molar-refractivity contribution in [1.82, 2.24) is 4.98 Å². The van der Waals surface area contributed by atoms with Crippen molar-refractivity contribution in [3.8, 4) is 5.75 Å². The number of Topliss-reactive ketones (excluding diaryl/α,β-unsaturated/α-hetero) is 1. The van der Waals surface area contributed by atoms with Gasteiger partial charge in [-0.25, -0.2) is 0 Å². The van der Waals surface area contributed by atoms with Gasteiger partial charge in [-0.05, 0) is 50.3 Å². The number of nitrogens with zero attached hydrogens (tertiary/aromatic N) is 1. The molecular formula is C22H33NO2. The smallest absolute Gasteiger partial charge is 0.132 e. The van der Waals surface area contributed by atoms with Gasteiger partial charge < -0.3 is 4.74 Å². The number of hydrogen-bond donors (Lipinski definition) is 0. The van der Waals surface area contributed by atoms with Crippen LogP contribution in [-0.2, 0) is 4.79 Å². The van der Waals surface area contributed by atoms with Crippen LogP contribution in [0.1, 0.15) is 60.3 Å². The van der Waals surface area contributed by atoms with Crippen LogP contribution in [-0.4, -0.2) is 17.4 Å². The van der Waals surface area contributed by atoms with Crippen LogP contribution >= 0.6 is 0 Å². The number of benzene rings is 1. The molecule has 0 aliphatic heterocycles. The average molecular weight is 344 g/mol. The van der Waals surface area contributed by atoms with Gasteiger partial charge in [0, 0.05) is 17.5 Å². The van der Waals surface area contributed by atoms with Gasteiger partial charge in [0.15, 0.2) is 0 Å². The fourth-order valence-electron chi connectivity index (χ4n) is 3.21. The van der Waals surface area contributed by atoms with Gasteiger partial charge in [0.25, 0.3) is 0 Å². The molecule has 0 spiro atoms. The topological polar surface area (TPSA) is 39.2 Å². The Morgan fingerprint density at radius 3 is 2.56 bits per heavy atom. The van der Waals surface area contributed by atoms with Gasteiger partial charge in [-0.1, -0.05) is 46.2 Å². The lowest BCUT2D eigenvalue weighted by atomic mass is 9.80. The molecule has 1 heterocycles. The fraction of sp³-hybridized carbons (Fsp3) is 0.545. The average Bonchev–Trinajstić information content (AvgIpc) is 2.69. The van der Waals surface area contributed by atoms with Crippen LogP contribution in [0.25, 0.3) is 10.9 Å². The lowest BCUT2D eigenvalue weighted by molar-refractivity contribution is -0.122. The quantitative estimate of drug-likeness (QED) is 0.677. The monoisotopic (exact) mass is 343 g/mol. The van der Waals surface area contributed by atoms with E-state index in [1.165, 1.54) is 0 Å². The van der Waals surface area contributed by atoms with E-state index in [1.807, 2.05) is 58.0 Å². The summed E-state index contributed by atoms with van der Waals surface area (Å²) in [5.41, 5.74) is 0.959. The molecule has 1 aliphatic carbocycles. The predicted octanol–water partition coefficient (Wildman–Crippen LogP) is 6.06. The Morgan fingerprint density at radius 1 is 1.12 bits per heavy atom. The van der Waals surface area contributed by atoms with Crippen molar-refractivity contribution in [1.29, 1.82) is 0 Å². The van der Waals surface area contributed by atoms with Crippen LogP contribution < -0.4 is 4.74 Å². The Balaban J connectivity index is 0.000000730. The zero-order valence-corrected chi connectivity index (χ0v) is 16.4. The first kappa shape index (κ1) is 21.1. The van der Waals surface area contributed by atoms with E-state index >= 15 is 0 Å². The molecule has 0 saturated heterocycles. The Labute approximate surface area is 152 Å². The van der Waals surface area contributed by atoms with Crippen LogP contribution in [0.5, 0.6) is 5.75 Å². The van der Waals surface area contributed by atoms with Crippen molar-refractivity contribution >= 4 is 16.7 Å². The molecule has 1 fully saturated rings. The van der Waals surface area contributed by atoms with Crippen molar-refractivity contribution in [2.24, 2.45) is 11.8 Å².